The van der Waals surface area contributed by atoms with Crippen LogP contribution < -0.4 is 0 Å². The van der Waals surface area contributed by atoms with Crippen molar-refractivity contribution in [3.8, 4) is 0 Å². The van der Waals surface area contributed by atoms with E-state index in [9.17, 15) is 9.18 Å². The van der Waals surface area contributed by atoms with E-state index in [0.29, 0.717) is 9.77 Å². The highest BCUT2D eigenvalue weighted by molar-refractivity contribution is 7.98. The van der Waals surface area contributed by atoms with Crippen molar-refractivity contribution in [2.24, 2.45) is 0 Å². The molecule has 0 saturated carbocycles. The number of benzene rings is 1. The van der Waals surface area contributed by atoms with Crippen LogP contribution in [0.3, 0.4) is 0 Å². The second-order valence-corrected chi connectivity index (χ2v) is 4.69. The molecule has 4 heteroatoms. The Morgan fingerprint density at radius 1 is 1.50 bits per heavy atom. The van der Waals surface area contributed by atoms with Crippen molar-refractivity contribution in [3.63, 3.8) is 0 Å². The Labute approximate surface area is 88.9 Å². The van der Waals surface area contributed by atoms with Crippen molar-refractivity contribution < 1.29 is 9.18 Å². The number of hydrogen-bond acceptors (Lipinski definition) is 3. The number of halogens is 1. The molecule has 1 nitrogen and oxygen atoms in total. The molecular weight excluding hydrogens is 219 g/mol. The fourth-order valence-electron chi connectivity index (χ4n) is 1.34. The largest absolute Gasteiger partial charge is 0.297 e. The monoisotopic (exact) mass is 226 g/mol. The number of thioether (sulfide) groups is 1. The number of thiophene rings is 1. The molecule has 0 fully saturated rings. The Morgan fingerprint density at radius 2 is 2.29 bits per heavy atom. The predicted octanol–water partition coefficient (Wildman–Crippen LogP) is 3.57. The number of carbonyl (C=O) groups is 1. The van der Waals surface area contributed by atoms with Crippen LogP contribution in [0.4, 0.5) is 4.39 Å². The molecule has 0 aliphatic heterocycles. The van der Waals surface area contributed by atoms with Gasteiger partial charge in [0.15, 0.2) is 6.29 Å². The Bertz CT molecular complexity index is 490. The molecule has 0 spiro atoms. The minimum atomic E-state index is -0.222. The molecule has 0 N–H and O–H groups in total. The van der Waals surface area contributed by atoms with Crippen LogP contribution in [0.1, 0.15) is 9.67 Å². The lowest BCUT2D eigenvalue weighted by atomic mass is 10.2. The molecule has 1 heterocycles. The summed E-state index contributed by atoms with van der Waals surface area (Å²) in [5, 5.41) is 0.838. The summed E-state index contributed by atoms with van der Waals surface area (Å²) in [7, 11) is 0. The molecule has 0 saturated heterocycles. The molecule has 2 aromatic rings. The maximum Gasteiger partial charge on any atom is 0.160 e. The summed E-state index contributed by atoms with van der Waals surface area (Å²) in [5.41, 5.74) is 0. The first-order valence-corrected chi connectivity index (χ1v) is 6.01. The summed E-state index contributed by atoms with van der Waals surface area (Å²) in [5.74, 6) is -0.222. The van der Waals surface area contributed by atoms with E-state index < -0.39 is 0 Å². The average molecular weight is 226 g/mol. The third-order valence-corrected chi connectivity index (χ3v) is 3.79. The summed E-state index contributed by atoms with van der Waals surface area (Å²) in [6, 6.07) is 4.89. The molecule has 1 aromatic heterocycles. The minimum Gasteiger partial charge on any atom is -0.297 e. The number of fused-ring (bicyclic) bond motifs is 1. The van der Waals surface area contributed by atoms with Crippen LogP contribution in [0.5, 0.6) is 0 Å². The van der Waals surface area contributed by atoms with E-state index >= 15 is 0 Å². The standard InChI is InChI=1S/C10H7FOS2/c1-13-10-7-4-6(5-12)14-9(7)3-2-8(10)11/h2-5H,1H3. The van der Waals surface area contributed by atoms with Crippen LogP contribution >= 0.6 is 23.1 Å². The summed E-state index contributed by atoms with van der Waals surface area (Å²) in [6.45, 7) is 0. The van der Waals surface area contributed by atoms with E-state index in [1.54, 1.807) is 12.1 Å². The summed E-state index contributed by atoms with van der Waals surface area (Å²) in [6.07, 6.45) is 2.63. The van der Waals surface area contributed by atoms with Crippen molar-refractivity contribution in [1.82, 2.24) is 0 Å². The Morgan fingerprint density at radius 3 is 2.93 bits per heavy atom. The lowest BCUT2D eigenvalue weighted by Crippen LogP contribution is -1.79. The van der Waals surface area contributed by atoms with Crippen LogP contribution in [0.25, 0.3) is 10.1 Å². The Kier molecular flexibility index (Phi) is 2.56. The summed E-state index contributed by atoms with van der Waals surface area (Å²) in [4.78, 5) is 11.8. The van der Waals surface area contributed by atoms with Crippen molar-refractivity contribution in [3.05, 3.63) is 28.9 Å². The molecule has 0 atom stereocenters. The molecule has 0 aliphatic rings. The third-order valence-electron chi connectivity index (χ3n) is 1.94. The topological polar surface area (TPSA) is 17.1 Å². The number of rotatable bonds is 2. The molecule has 2 rings (SSSR count). The molecule has 0 unspecified atom stereocenters. The first kappa shape index (κ1) is 9.68. The van der Waals surface area contributed by atoms with Crippen LogP contribution in [-0.4, -0.2) is 12.5 Å². The van der Waals surface area contributed by atoms with E-state index in [1.807, 2.05) is 6.26 Å². The number of hydrogen-bond donors (Lipinski definition) is 0. The van der Waals surface area contributed by atoms with Crippen LogP contribution in [0.15, 0.2) is 23.1 Å². The SMILES string of the molecule is CSc1c(F)ccc2sc(C=O)cc12. The van der Waals surface area contributed by atoms with Crippen LogP contribution in [0, 0.1) is 5.82 Å². The highest BCUT2D eigenvalue weighted by atomic mass is 32.2. The van der Waals surface area contributed by atoms with Gasteiger partial charge in [0.2, 0.25) is 0 Å². The Balaban J connectivity index is 2.79. The van der Waals surface area contributed by atoms with Gasteiger partial charge in [0.1, 0.15) is 5.82 Å². The first-order valence-electron chi connectivity index (χ1n) is 3.97. The van der Waals surface area contributed by atoms with Gasteiger partial charge in [-0.2, -0.15) is 0 Å². The fraction of sp³-hybridized carbons (Fsp3) is 0.100. The molecule has 1 aromatic carbocycles. The van der Waals surface area contributed by atoms with E-state index in [1.165, 1.54) is 29.2 Å². The third kappa shape index (κ3) is 1.44. The molecule has 72 valence electrons. The van der Waals surface area contributed by atoms with Crippen LogP contribution in [0.2, 0.25) is 0 Å². The van der Waals surface area contributed by atoms with Gasteiger partial charge in [-0.25, -0.2) is 4.39 Å². The first-order chi connectivity index (χ1) is 6.76. The predicted molar refractivity (Wildman–Crippen MR) is 59.0 cm³/mol. The van der Waals surface area contributed by atoms with Gasteiger partial charge < -0.3 is 0 Å². The number of aldehydes is 1. The maximum atomic E-state index is 13.3. The highest BCUT2D eigenvalue weighted by Crippen LogP contribution is 2.33. The maximum absolute atomic E-state index is 13.3. The normalized spacial score (nSPS) is 10.7. The van der Waals surface area contributed by atoms with Crippen molar-refractivity contribution >= 4 is 39.5 Å². The zero-order valence-corrected chi connectivity index (χ0v) is 9.05. The molecule has 14 heavy (non-hydrogen) atoms. The molecular formula is C10H7FOS2. The minimum absolute atomic E-state index is 0.222. The average Bonchev–Trinajstić information content (AvgIpc) is 2.60. The van der Waals surface area contributed by atoms with Gasteiger partial charge in [0.05, 0.1) is 9.77 Å². The van der Waals surface area contributed by atoms with Gasteiger partial charge in [0, 0.05) is 10.1 Å². The molecule has 0 bridgehead atoms. The van der Waals surface area contributed by atoms with E-state index in [0.717, 1.165) is 16.4 Å². The van der Waals surface area contributed by atoms with Gasteiger partial charge >= 0.3 is 0 Å². The molecule has 0 radical (unpaired) electrons. The van der Waals surface area contributed by atoms with Gasteiger partial charge in [-0.1, -0.05) is 0 Å². The van der Waals surface area contributed by atoms with Crippen molar-refractivity contribution in [2.45, 2.75) is 4.90 Å². The van der Waals surface area contributed by atoms with E-state index in [-0.39, 0.29) is 5.82 Å². The summed E-state index contributed by atoms with van der Waals surface area (Å²) < 4.78 is 14.3. The summed E-state index contributed by atoms with van der Waals surface area (Å²) >= 11 is 2.75. The van der Waals surface area contributed by atoms with Crippen LogP contribution in [-0.2, 0) is 0 Å². The quantitative estimate of drug-likeness (QED) is 0.575. The lowest BCUT2D eigenvalue weighted by molar-refractivity contribution is 0.112. The van der Waals surface area contributed by atoms with Gasteiger partial charge in [0.25, 0.3) is 0 Å². The molecule has 0 amide bonds. The second-order valence-electron chi connectivity index (χ2n) is 2.76. The van der Waals surface area contributed by atoms with E-state index in [2.05, 4.69) is 0 Å². The smallest absolute Gasteiger partial charge is 0.160 e. The van der Waals surface area contributed by atoms with Gasteiger partial charge in [-0.3, -0.25) is 4.79 Å². The van der Waals surface area contributed by atoms with Gasteiger partial charge in [-0.05, 0) is 24.5 Å². The highest BCUT2D eigenvalue weighted by Gasteiger charge is 2.09. The van der Waals surface area contributed by atoms with Crippen molar-refractivity contribution in [1.29, 1.82) is 0 Å². The van der Waals surface area contributed by atoms with E-state index in [4.69, 9.17) is 0 Å². The Hall–Kier alpha value is -0.870. The second kappa shape index (κ2) is 3.71. The zero-order valence-electron chi connectivity index (χ0n) is 7.41. The zero-order chi connectivity index (χ0) is 10.1. The van der Waals surface area contributed by atoms with Crippen molar-refractivity contribution in [2.75, 3.05) is 6.26 Å². The fourth-order valence-corrected chi connectivity index (χ4v) is 2.95. The lowest BCUT2D eigenvalue weighted by Gasteiger charge is -1.99. The molecule has 0 aliphatic carbocycles. The number of carbonyl (C=O) groups excluding carboxylic acids is 1. The van der Waals surface area contributed by atoms with Gasteiger partial charge in [-0.15, -0.1) is 23.1 Å².